The first-order chi connectivity index (χ1) is 47.7. The number of rotatable bonds is 79. The van der Waals surface area contributed by atoms with Crippen LogP contribution in [0.2, 0.25) is 0 Å². The minimum atomic E-state index is -4.96. The summed E-state index contributed by atoms with van der Waals surface area (Å²) < 4.78 is 68.6. The number of aliphatic hydroxyl groups is 1. The lowest BCUT2D eigenvalue weighted by atomic mass is 10.0. The van der Waals surface area contributed by atoms with E-state index < -0.39 is 97.5 Å². The second-order valence-electron chi connectivity index (χ2n) is 28.1. The highest BCUT2D eigenvalue weighted by Gasteiger charge is 2.30. The molecule has 0 aromatic carbocycles. The Morgan fingerprint density at radius 3 is 0.704 bits per heavy atom. The summed E-state index contributed by atoms with van der Waals surface area (Å²) in [7, 11) is -9.92. The van der Waals surface area contributed by atoms with E-state index in [4.69, 9.17) is 37.0 Å². The summed E-state index contributed by atoms with van der Waals surface area (Å²) >= 11 is 0. The first-order valence-corrected chi connectivity index (χ1v) is 43.9. The Kier molecular flexibility index (Phi) is 71.5. The van der Waals surface area contributed by atoms with Crippen molar-refractivity contribution >= 4 is 39.5 Å². The molecule has 5 atom stereocenters. The molecule has 0 saturated carbocycles. The molecule has 19 heteroatoms. The van der Waals surface area contributed by atoms with E-state index in [0.29, 0.717) is 25.7 Å². The van der Waals surface area contributed by atoms with E-state index >= 15 is 0 Å². The zero-order valence-corrected chi connectivity index (χ0v) is 65.3. The summed E-state index contributed by atoms with van der Waals surface area (Å²) in [4.78, 5) is 73.0. The molecule has 0 aliphatic carbocycles. The van der Waals surface area contributed by atoms with Crippen molar-refractivity contribution < 1.29 is 80.2 Å². The van der Waals surface area contributed by atoms with Gasteiger partial charge in [-0.25, -0.2) is 9.13 Å². The van der Waals surface area contributed by atoms with Crippen molar-refractivity contribution in [2.24, 2.45) is 0 Å². The first kappa shape index (κ1) is 95.8. The van der Waals surface area contributed by atoms with Crippen molar-refractivity contribution in [3.63, 3.8) is 0 Å². The third-order valence-electron chi connectivity index (χ3n) is 18.3. The second-order valence-corrected chi connectivity index (χ2v) is 31.0. The van der Waals surface area contributed by atoms with Gasteiger partial charge in [0.1, 0.15) is 19.3 Å². The van der Waals surface area contributed by atoms with Gasteiger partial charge >= 0.3 is 39.5 Å². The standard InChI is InChI=1S/C79H152O17P2/c1-5-9-13-17-21-25-29-33-35-36-38-42-44-48-52-56-60-64-77(82)90-70-75(96-79(84)66-62-58-54-50-46-40-32-28-24-20-16-12-8-4)72-94-98(87,88)92-68-73(80)67-91-97(85,86)93-71-74(95-78(83)65-61-57-53-49-45-39-31-27-23-19-15-11-7-3)69-89-76(81)63-59-55-51-47-43-41-37-34-30-26-22-18-14-10-6-2/h34,37,73-75,80H,5-33,35-36,38-72H2,1-4H3,(H,85,86)(H,87,88)/b37-34-/t73-,74-,75-/m1/s1. The number of unbranched alkanes of at least 4 members (excludes halogenated alkanes) is 51. The van der Waals surface area contributed by atoms with Gasteiger partial charge in [0.2, 0.25) is 0 Å². The van der Waals surface area contributed by atoms with Crippen LogP contribution >= 0.6 is 15.6 Å². The number of hydrogen-bond donors (Lipinski definition) is 3. The predicted molar refractivity (Wildman–Crippen MR) is 400 cm³/mol. The van der Waals surface area contributed by atoms with Gasteiger partial charge in [0.15, 0.2) is 12.2 Å². The van der Waals surface area contributed by atoms with Crippen LogP contribution in [0, 0.1) is 0 Å². The number of carbonyl (C=O) groups excluding carboxylic acids is 4. The van der Waals surface area contributed by atoms with Crippen LogP contribution in [0.25, 0.3) is 0 Å². The molecule has 98 heavy (non-hydrogen) atoms. The highest BCUT2D eigenvalue weighted by Crippen LogP contribution is 2.45. The number of phosphoric ester groups is 2. The molecule has 0 aromatic rings. The van der Waals surface area contributed by atoms with Crippen LogP contribution in [0.5, 0.6) is 0 Å². The summed E-state index contributed by atoms with van der Waals surface area (Å²) in [5.74, 6) is -2.12. The van der Waals surface area contributed by atoms with Gasteiger partial charge in [0.25, 0.3) is 0 Å². The van der Waals surface area contributed by atoms with Crippen molar-refractivity contribution in [3.8, 4) is 0 Å². The predicted octanol–water partition coefficient (Wildman–Crippen LogP) is 23.6. The maximum Gasteiger partial charge on any atom is 0.472 e. The van der Waals surface area contributed by atoms with Crippen molar-refractivity contribution in [1.82, 2.24) is 0 Å². The molecule has 0 spiro atoms. The summed E-state index contributed by atoms with van der Waals surface area (Å²) in [5, 5.41) is 10.6. The number of carbonyl (C=O) groups is 4. The molecular formula is C79H152O17P2. The molecule has 0 rings (SSSR count). The van der Waals surface area contributed by atoms with Crippen LogP contribution in [0.15, 0.2) is 12.2 Å². The summed E-state index contributed by atoms with van der Waals surface area (Å²) in [6.45, 7) is 4.99. The number of esters is 4. The van der Waals surface area contributed by atoms with E-state index in [9.17, 15) is 43.2 Å². The van der Waals surface area contributed by atoms with Crippen molar-refractivity contribution in [1.29, 1.82) is 0 Å². The second kappa shape index (κ2) is 73.1. The van der Waals surface area contributed by atoms with E-state index in [1.165, 1.54) is 225 Å². The molecule has 0 aliphatic heterocycles. The van der Waals surface area contributed by atoms with Crippen LogP contribution in [0.4, 0.5) is 0 Å². The van der Waals surface area contributed by atoms with Gasteiger partial charge in [-0.15, -0.1) is 0 Å². The van der Waals surface area contributed by atoms with Crippen molar-refractivity contribution in [2.75, 3.05) is 39.6 Å². The average Bonchev–Trinajstić information content (AvgIpc) is 0.971. The van der Waals surface area contributed by atoms with Crippen molar-refractivity contribution in [2.45, 2.75) is 431 Å². The van der Waals surface area contributed by atoms with Gasteiger partial charge in [-0.2, -0.15) is 0 Å². The van der Waals surface area contributed by atoms with E-state index in [1.54, 1.807) is 0 Å². The number of hydrogen-bond acceptors (Lipinski definition) is 15. The number of allylic oxidation sites excluding steroid dienone is 2. The minimum absolute atomic E-state index is 0.105. The van der Waals surface area contributed by atoms with E-state index in [-0.39, 0.29) is 25.7 Å². The molecule has 0 bridgehead atoms. The fourth-order valence-corrected chi connectivity index (χ4v) is 13.6. The molecule has 0 aliphatic rings. The molecule has 0 aromatic heterocycles. The van der Waals surface area contributed by atoms with Crippen LogP contribution in [0.1, 0.15) is 413 Å². The Bertz CT molecular complexity index is 1910. The Morgan fingerprint density at radius 1 is 0.276 bits per heavy atom. The summed E-state index contributed by atoms with van der Waals surface area (Å²) in [6.07, 6.45) is 66.1. The van der Waals surface area contributed by atoms with Crippen LogP contribution in [-0.4, -0.2) is 96.7 Å². The van der Waals surface area contributed by atoms with Crippen LogP contribution in [-0.2, 0) is 65.4 Å². The SMILES string of the molecule is CCCCCCCC/C=C\CCCCCCCC(=O)OC[C@H](COP(=O)(O)OC[C@@H](O)COP(=O)(O)OC[C@@H](COC(=O)CCCCCCCCCCCCCCCCCCC)OC(=O)CCCCCCCCCCCCCCC)OC(=O)CCCCCCCCCCCCCCC. The van der Waals surface area contributed by atoms with Gasteiger partial charge in [-0.05, 0) is 51.4 Å². The van der Waals surface area contributed by atoms with Crippen molar-refractivity contribution in [3.05, 3.63) is 12.2 Å². The average molecular weight is 1440 g/mol. The Labute approximate surface area is 600 Å². The van der Waals surface area contributed by atoms with Gasteiger partial charge in [-0.3, -0.25) is 37.3 Å². The molecule has 3 N–H and O–H groups in total. The highest BCUT2D eigenvalue weighted by molar-refractivity contribution is 7.47. The molecule has 0 fully saturated rings. The normalized spacial score (nSPS) is 13.9. The molecule has 0 radical (unpaired) electrons. The fourth-order valence-electron chi connectivity index (χ4n) is 12.0. The molecular weight excluding hydrogens is 1280 g/mol. The number of aliphatic hydroxyl groups excluding tert-OH is 1. The summed E-state index contributed by atoms with van der Waals surface area (Å²) in [5.41, 5.74) is 0. The minimum Gasteiger partial charge on any atom is -0.462 e. The lowest BCUT2D eigenvalue weighted by molar-refractivity contribution is -0.161. The molecule has 0 saturated heterocycles. The highest BCUT2D eigenvalue weighted by atomic mass is 31.2. The molecule has 17 nitrogen and oxygen atoms in total. The van der Waals surface area contributed by atoms with E-state index in [2.05, 4.69) is 39.8 Å². The molecule has 580 valence electrons. The van der Waals surface area contributed by atoms with E-state index in [0.717, 1.165) is 109 Å². The number of phosphoric acid groups is 2. The third kappa shape index (κ3) is 72.2. The quantitative estimate of drug-likeness (QED) is 0.0169. The zero-order valence-electron chi connectivity index (χ0n) is 63.5. The molecule has 0 heterocycles. The smallest absolute Gasteiger partial charge is 0.462 e. The van der Waals surface area contributed by atoms with Gasteiger partial charge < -0.3 is 33.8 Å². The fraction of sp³-hybridized carbons (Fsp3) is 0.924. The van der Waals surface area contributed by atoms with Gasteiger partial charge in [0, 0.05) is 25.7 Å². The Hall–Kier alpha value is -2.20. The molecule has 0 amide bonds. The summed E-state index contributed by atoms with van der Waals surface area (Å²) in [6, 6.07) is 0. The van der Waals surface area contributed by atoms with Crippen LogP contribution < -0.4 is 0 Å². The lowest BCUT2D eigenvalue weighted by Gasteiger charge is -2.21. The van der Waals surface area contributed by atoms with Gasteiger partial charge in [-0.1, -0.05) is 348 Å². The largest absolute Gasteiger partial charge is 0.472 e. The molecule has 2 unspecified atom stereocenters. The topological polar surface area (TPSA) is 237 Å². The zero-order chi connectivity index (χ0) is 71.8. The Morgan fingerprint density at radius 2 is 0.469 bits per heavy atom. The first-order valence-electron chi connectivity index (χ1n) is 40.9. The third-order valence-corrected chi connectivity index (χ3v) is 20.2. The Balaban J connectivity index is 5.26. The monoisotopic (exact) mass is 1440 g/mol. The maximum atomic E-state index is 13.1. The number of ether oxygens (including phenoxy) is 4. The maximum absolute atomic E-state index is 13.1. The lowest BCUT2D eigenvalue weighted by Crippen LogP contribution is -2.30. The van der Waals surface area contributed by atoms with E-state index in [1.807, 2.05) is 0 Å². The van der Waals surface area contributed by atoms with Gasteiger partial charge in [0.05, 0.1) is 26.4 Å². The van der Waals surface area contributed by atoms with Crippen LogP contribution in [0.3, 0.4) is 0 Å².